The molecule has 0 unspecified atom stereocenters. The molecule has 11 heteroatoms. The Morgan fingerprint density at radius 1 is 1.22 bits per heavy atom. The van der Waals surface area contributed by atoms with Gasteiger partial charge >= 0.3 is 0 Å². The van der Waals surface area contributed by atoms with Crippen LogP contribution in [0, 0.1) is 0 Å². The van der Waals surface area contributed by atoms with Gasteiger partial charge in [-0.15, -0.1) is 11.3 Å². The minimum atomic E-state index is -0.402. The number of thiophene rings is 1. The summed E-state index contributed by atoms with van der Waals surface area (Å²) in [5.41, 5.74) is 4.36. The third-order valence-corrected chi connectivity index (χ3v) is 8.15. The van der Waals surface area contributed by atoms with E-state index in [1.54, 1.807) is 47.3 Å². The fourth-order valence-electron chi connectivity index (χ4n) is 4.22. The van der Waals surface area contributed by atoms with Crippen molar-refractivity contribution in [1.82, 2.24) is 15.0 Å². The van der Waals surface area contributed by atoms with Crippen molar-refractivity contribution in [1.29, 1.82) is 0 Å². The van der Waals surface area contributed by atoms with Gasteiger partial charge < -0.3 is 14.9 Å². The lowest BCUT2D eigenvalue weighted by atomic mass is 9.97. The Morgan fingerprint density at radius 3 is 2.76 bits per heavy atom. The molecule has 0 spiro atoms. The van der Waals surface area contributed by atoms with Crippen molar-refractivity contribution in [2.75, 3.05) is 12.9 Å². The fourth-order valence-corrected chi connectivity index (χ4v) is 6.33. The molecule has 0 fully saturated rings. The zero-order chi connectivity index (χ0) is 25.9. The maximum absolute atomic E-state index is 13.8. The van der Waals surface area contributed by atoms with Crippen LogP contribution in [-0.2, 0) is 17.6 Å². The summed E-state index contributed by atoms with van der Waals surface area (Å²) < 4.78 is 6.81. The van der Waals surface area contributed by atoms with Crippen molar-refractivity contribution >= 4 is 45.4 Å². The zero-order valence-corrected chi connectivity index (χ0v) is 21.6. The Bertz CT molecular complexity index is 1560. The minimum absolute atomic E-state index is 0.0297. The van der Waals surface area contributed by atoms with Crippen LogP contribution >= 0.6 is 23.1 Å². The molecule has 4 aromatic rings. The van der Waals surface area contributed by atoms with Crippen LogP contribution in [0.2, 0.25) is 0 Å². The maximum Gasteiger partial charge on any atom is 0.267 e. The summed E-state index contributed by atoms with van der Waals surface area (Å²) in [6.45, 7) is 0. The molecule has 0 aliphatic heterocycles. The smallest absolute Gasteiger partial charge is 0.267 e. The van der Waals surface area contributed by atoms with Gasteiger partial charge in [0.15, 0.2) is 5.16 Å². The van der Waals surface area contributed by atoms with Crippen molar-refractivity contribution in [3.63, 3.8) is 0 Å². The van der Waals surface area contributed by atoms with Gasteiger partial charge in [-0.3, -0.25) is 14.2 Å². The topological polar surface area (TPSA) is 126 Å². The lowest BCUT2D eigenvalue weighted by Gasteiger charge is -2.14. The lowest BCUT2D eigenvalue weighted by molar-refractivity contribution is -0.118. The van der Waals surface area contributed by atoms with Crippen LogP contribution in [0.5, 0.6) is 17.2 Å². The van der Waals surface area contributed by atoms with Crippen molar-refractivity contribution in [3.8, 4) is 22.9 Å². The zero-order valence-electron chi connectivity index (χ0n) is 19.9. The quantitative estimate of drug-likeness (QED) is 0.141. The van der Waals surface area contributed by atoms with Crippen LogP contribution in [0.3, 0.4) is 0 Å². The van der Waals surface area contributed by atoms with Crippen LogP contribution in [-0.4, -0.2) is 44.7 Å². The number of aryl methyl sites for hydroxylation is 2. The van der Waals surface area contributed by atoms with Gasteiger partial charge in [0.2, 0.25) is 0 Å². The minimum Gasteiger partial charge on any atom is -0.508 e. The number of phenolic OH excluding ortho intramolecular Hbond substituents is 2. The van der Waals surface area contributed by atoms with Crippen molar-refractivity contribution in [3.05, 3.63) is 68.8 Å². The van der Waals surface area contributed by atoms with Crippen LogP contribution in [0.15, 0.2) is 57.5 Å². The molecule has 2 aromatic carbocycles. The number of fused-ring (bicyclic) bond motifs is 3. The summed E-state index contributed by atoms with van der Waals surface area (Å²) in [7, 11) is 1.58. The van der Waals surface area contributed by atoms with Crippen LogP contribution in [0.4, 0.5) is 0 Å². The number of hydrogen-bond acceptors (Lipinski definition) is 9. The summed E-state index contributed by atoms with van der Waals surface area (Å²) in [5, 5.41) is 24.2. The second-order valence-electron chi connectivity index (χ2n) is 8.45. The number of aromatic nitrogens is 2. The van der Waals surface area contributed by atoms with Gasteiger partial charge in [-0.2, -0.15) is 5.10 Å². The molecule has 0 bridgehead atoms. The molecule has 2 aromatic heterocycles. The van der Waals surface area contributed by atoms with Crippen LogP contribution < -0.4 is 15.7 Å². The van der Waals surface area contributed by atoms with Gasteiger partial charge in [-0.05, 0) is 67.6 Å². The lowest BCUT2D eigenvalue weighted by Crippen LogP contribution is -2.24. The Hall–Kier alpha value is -3.83. The number of hydrogen-bond donors (Lipinski definition) is 3. The molecule has 9 nitrogen and oxygen atoms in total. The number of amides is 1. The SMILES string of the molecule is COc1ccc(-n2c(SCC(=O)NN=Cc3ccc(O)cc3O)nc3sc4c(c3c2=O)CCCC4)cc1. The highest BCUT2D eigenvalue weighted by molar-refractivity contribution is 7.99. The molecule has 1 amide bonds. The Labute approximate surface area is 220 Å². The number of carbonyl (C=O) groups excluding carboxylic acids is 1. The van der Waals surface area contributed by atoms with E-state index < -0.39 is 5.91 Å². The van der Waals surface area contributed by atoms with E-state index in [0.717, 1.165) is 43.0 Å². The highest BCUT2D eigenvalue weighted by Crippen LogP contribution is 2.35. The predicted molar refractivity (Wildman–Crippen MR) is 145 cm³/mol. The number of benzene rings is 2. The molecule has 0 radical (unpaired) electrons. The maximum atomic E-state index is 13.8. The molecule has 1 aliphatic rings. The summed E-state index contributed by atoms with van der Waals surface area (Å²) in [6.07, 6.45) is 5.28. The molecule has 0 atom stereocenters. The first kappa shape index (κ1) is 24.8. The van der Waals surface area contributed by atoms with E-state index in [1.165, 1.54) is 29.3 Å². The number of thioether (sulfide) groups is 1. The average Bonchev–Trinajstić information content (AvgIpc) is 3.27. The summed E-state index contributed by atoms with van der Waals surface area (Å²) in [5.74, 6) is 0.00418. The van der Waals surface area contributed by atoms with E-state index in [-0.39, 0.29) is 22.8 Å². The van der Waals surface area contributed by atoms with Crippen LogP contribution in [0.25, 0.3) is 15.9 Å². The average molecular weight is 537 g/mol. The second kappa shape index (κ2) is 10.7. The number of nitrogens with zero attached hydrogens (tertiary/aromatic N) is 3. The largest absolute Gasteiger partial charge is 0.508 e. The highest BCUT2D eigenvalue weighted by Gasteiger charge is 2.23. The normalized spacial score (nSPS) is 13.1. The molecule has 1 aliphatic carbocycles. The third kappa shape index (κ3) is 5.18. The Kier molecular flexibility index (Phi) is 7.15. The fraction of sp³-hybridized carbons (Fsp3) is 0.231. The van der Waals surface area contributed by atoms with Gasteiger partial charge in [0.05, 0.1) is 30.2 Å². The number of ether oxygens (including phenoxy) is 1. The van der Waals surface area contributed by atoms with Gasteiger partial charge in [0.1, 0.15) is 22.1 Å². The first-order valence-corrected chi connectivity index (χ1v) is 13.4. The summed E-state index contributed by atoms with van der Waals surface area (Å²) in [4.78, 5) is 33.0. The third-order valence-electron chi connectivity index (χ3n) is 6.03. The van der Waals surface area contributed by atoms with Gasteiger partial charge in [-0.1, -0.05) is 11.8 Å². The van der Waals surface area contributed by atoms with Gasteiger partial charge in [-0.25, -0.2) is 10.4 Å². The molecular formula is C26H24N4O5S2. The standard InChI is InChI=1S/C26H24N4O5S2/c1-35-18-10-7-16(8-11-18)30-25(34)23-19-4-2-3-5-21(19)37-24(23)28-26(30)36-14-22(33)29-27-13-15-6-9-17(31)12-20(15)32/h6-13,31-32H,2-5,14H2,1H3,(H,29,33). The van der Waals surface area contributed by atoms with E-state index >= 15 is 0 Å². The van der Waals surface area contributed by atoms with E-state index in [1.807, 2.05) is 0 Å². The Morgan fingerprint density at radius 2 is 2.00 bits per heavy atom. The number of methoxy groups -OCH3 is 1. The molecule has 37 heavy (non-hydrogen) atoms. The molecule has 2 heterocycles. The number of carbonyl (C=O) groups is 1. The number of nitrogens with one attached hydrogen (secondary N) is 1. The number of phenols is 2. The number of rotatable bonds is 7. The van der Waals surface area contributed by atoms with E-state index in [9.17, 15) is 19.8 Å². The first-order chi connectivity index (χ1) is 17.9. The molecule has 0 saturated heterocycles. The van der Waals surface area contributed by atoms with Crippen LogP contribution in [0.1, 0.15) is 28.8 Å². The van der Waals surface area contributed by atoms with E-state index in [4.69, 9.17) is 9.72 Å². The van der Waals surface area contributed by atoms with E-state index in [0.29, 0.717) is 32.4 Å². The van der Waals surface area contributed by atoms with Gasteiger partial charge in [0.25, 0.3) is 11.5 Å². The highest BCUT2D eigenvalue weighted by atomic mass is 32.2. The molecule has 3 N–H and O–H groups in total. The van der Waals surface area contributed by atoms with Gasteiger partial charge in [0, 0.05) is 16.5 Å². The monoisotopic (exact) mass is 536 g/mol. The predicted octanol–water partition coefficient (Wildman–Crippen LogP) is 3.99. The van der Waals surface area contributed by atoms with Crippen molar-refractivity contribution < 1.29 is 19.7 Å². The summed E-state index contributed by atoms with van der Waals surface area (Å²) in [6, 6.07) is 11.2. The van der Waals surface area contributed by atoms with E-state index in [2.05, 4.69) is 10.5 Å². The first-order valence-electron chi connectivity index (χ1n) is 11.6. The molecule has 0 saturated carbocycles. The van der Waals surface area contributed by atoms with Crippen molar-refractivity contribution in [2.45, 2.75) is 30.8 Å². The number of hydrazone groups is 1. The summed E-state index contributed by atoms with van der Waals surface area (Å²) >= 11 is 2.71. The molecule has 5 rings (SSSR count). The Balaban J connectivity index is 1.42. The molecular weight excluding hydrogens is 512 g/mol. The second-order valence-corrected chi connectivity index (χ2v) is 10.5. The molecule has 190 valence electrons. The van der Waals surface area contributed by atoms with Crippen molar-refractivity contribution in [2.24, 2.45) is 5.10 Å². The number of aromatic hydroxyl groups is 2.